The van der Waals surface area contributed by atoms with Gasteiger partial charge in [-0.1, -0.05) is 68.8 Å². The van der Waals surface area contributed by atoms with Crippen LogP contribution >= 0.6 is 0 Å². The van der Waals surface area contributed by atoms with E-state index in [-0.39, 0.29) is 11.3 Å². The Kier molecular flexibility index (Phi) is 3.72. The maximum Gasteiger partial charge on any atom is 0.241 e. The predicted molar refractivity (Wildman–Crippen MR) is 107 cm³/mol. The maximum absolute atomic E-state index is 12.4. The Labute approximate surface area is 155 Å². The van der Waals surface area contributed by atoms with Crippen LogP contribution in [0, 0.1) is 6.92 Å². The number of nitrogens with zero attached hydrogens (tertiary/aromatic N) is 1. The minimum Gasteiger partial charge on any atom is -0.335 e. The van der Waals surface area contributed by atoms with E-state index in [9.17, 15) is 4.79 Å². The molecule has 2 aromatic carbocycles. The standard InChI is InChI=1S/C23H26N2O/c1-5-17-10-11-20-19(14-17)22(3,4)23(24-21(26)15-25(20)23)13-12-18-8-6-16(2)7-9-18/h6-14H,5,15H2,1-4H3,(H,24,26)/b13-12+/t23-/m0/s1. The van der Waals surface area contributed by atoms with Gasteiger partial charge >= 0.3 is 0 Å². The summed E-state index contributed by atoms with van der Waals surface area (Å²) in [5, 5.41) is 3.29. The van der Waals surface area contributed by atoms with E-state index in [4.69, 9.17) is 0 Å². The third-order valence-electron chi connectivity index (χ3n) is 6.04. The summed E-state index contributed by atoms with van der Waals surface area (Å²) in [5.41, 5.74) is 5.46. The first kappa shape index (κ1) is 16.9. The second-order valence-corrected chi connectivity index (χ2v) is 7.97. The van der Waals surface area contributed by atoms with Crippen molar-refractivity contribution in [2.24, 2.45) is 0 Å². The molecular weight excluding hydrogens is 320 g/mol. The molecule has 2 heterocycles. The highest BCUT2D eigenvalue weighted by Gasteiger charge is 2.59. The molecule has 2 aromatic rings. The molecule has 3 heteroatoms. The molecule has 0 aliphatic carbocycles. The Morgan fingerprint density at radius 2 is 1.88 bits per heavy atom. The molecule has 2 aliphatic heterocycles. The van der Waals surface area contributed by atoms with Gasteiger partial charge < -0.3 is 10.2 Å². The first-order chi connectivity index (χ1) is 12.4. The SMILES string of the molecule is CCc1ccc2c(c1)C(C)(C)[C@@]1(/C=C/c3ccc(C)cc3)NC(=O)CN21. The number of carbonyl (C=O) groups is 1. The number of hydrogen-bond donors (Lipinski definition) is 1. The van der Waals surface area contributed by atoms with E-state index < -0.39 is 5.66 Å². The summed E-state index contributed by atoms with van der Waals surface area (Å²) >= 11 is 0. The van der Waals surface area contributed by atoms with Gasteiger partial charge in [0.05, 0.1) is 6.54 Å². The van der Waals surface area contributed by atoms with Crippen molar-refractivity contribution < 1.29 is 4.79 Å². The van der Waals surface area contributed by atoms with Gasteiger partial charge in [0.1, 0.15) is 5.66 Å². The summed E-state index contributed by atoms with van der Waals surface area (Å²) in [6, 6.07) is 15.1. The molecule has 1 atom stereocenters. The van der Waals surface area contributed by atoms with Crippen molar-refractivity contribution in [2.45, 2.75) is 45.2 Å². The molecule has 0 radical (unpaired) electrons. The number of benzene rings is 2. The summed E-state index contributed by atoms with van der Waals surface area (Å²) < 4.78 is 0. The summed E-state index contributed by atoms with van der Waals surface area (Å²) in [7, 11) is 0. The molecule has 1 N–H and O–H groups in total. The molecule has 0 bridgehead atoms. The number of aryl methyl sites for hydroxylation is 2. The Hall–Kier alpha value is -2.55. The number of hydrogen-bond acceptors (Lipinski definition) is 2. The average Bonchev–Trinajstić information content (AvgIpc) is 3.05. The van der Waals surface area contributed by atoms with E-state index in [2.05, 4.69) is 92.5 Å². The van der Waals surface area contributed by atoms with Gasteiger partial charge in [0.25, 0.3) is 0 Å². The van der Waals surface area contributed by atoms with Gasteiger partial charge in [-0.3, -0.25) is 4.79 Å². The average molecular weight is 346 g/mol. The van der Waals surface area contributed by atoms with Crippen LogP contribution in [0.2, 0.25) is 0 Å². The van der Waals surface area contributed by atoms with Gasteiger partial charge in [0, 0.05) is 11.1 Å². The number of nitrogens with one attached hydrogen (secondary N) is 1. The molecule has 1 fully saturated rings. The normalized spacial score (nSPS) is 23.2. The molecule has 4 rings (SSSR count). The van der Waals surface area contributed by atoms with E-state index in [1.165, 1.54) is 22.4 Å². The molecule has 0 unspecified atom stereocenters. The van der Waals surface area contributed by atoms with Crippen LogP contribution in [-0.2, 0) is 16.6 Å². The zero-order chi connectivity index (χ0) is 18.5. The summed E-state index contributed by atoms with van der Waals surface area (Å²) in [6.07, 6.45) is 5.32. The van der Waals surface area contributed by atoms with Crippen LogP contribution in [0.25, 0.3) is 6.08 Å². The smallest absolute Gasteiger partial charge is 0.241 e. The van der Waals surface area contributed by atoms with Crippen LogP contribution in [0.1, 0.15) is 43.0 Å². The lowest BCUT2D eigenvalue weighted by molar-refractivity contribution is -0.118. The Balaban J connectivity index is 1.82. The lowest BCUT2D eigenvalue weighted by Crippen LogP contribution is -2.58. The van der Waals surface area contributed by atoms with Crippen molar-refractivity contribution in [3.8, 4) is 0 Å². The van der Waals surface area contributed by atoms with Gasteiger partial charge in [0.15, 0.2) is 0 Å². The summed E-state index contributed by atoms with van der Waals surface area (Å²) in [6.45, 7) is 9.14. The molecule has 0 spiro atoms. The fourth-order valence-corrected chi connectivity index (χ4v) is 4.34. The first-order valence-electron chi connectivity index (χ1n) is 9.35. The van der Waals surface area contributed by atoms with Crippen molar-refractivity contribution in [3.63, 3.8) is 0 Å². The molecule has 134 valence electrons. The highest BCUT2D eigenvalue weighted by molar-refractivity contribution is 5.91. The zero-order valence-corrected chi connectivity index (χ0v) is 16.0. The van der Waals surface area contributed by atoms with E-state index >= 15 is 0 Å². The lowest BCUT2D eigenvalue weighted by Gasteiger charge is -2.40. The topological polar surface area (TPSA) is 32.3 Å². The highest BCUT2D eigenvalue weighted by Crippen LogP contribution is 2.53. The van der Waals surface area contributed by atoms with Crippen molar-refractivity contribution in [1.29, 1.82) is 0 Å². The van der Waals surface area contributed by atoms with Gasteiger partial charge in [-0.15, -0.1) is 0 Å². The number of anilines is 1. The molecule has 1 saturated heterocycles. The maximum atomic E-state index is 12.4. The minimum atomic E-state index is -0.524. The number of fused-ring (bicyclic) bond motifs is 3. The molecular formula is C23H26N2O. The molecule has 1 amide bonds. The van der Waals surface area contributed by atoms with Crippen molar-refractivity contribution >= 4 is 17.7 Å². The Morgan fingerprint density at radius 3 is 2.58 bits per heavy atom. The third kappa shape index (κ3) is 2.30. The van der Waals surface area contributed by atoms with Crippen LogP contribution in [0.5, 0.6) is 0 Å². The van der Waals surface area contributed by atoms with E-state index in [1.54, 1.807) is 0 Å². The Bertz CT molecular complexity index is 895. The van der Waals surface area contributed by atoms with E-state index in [0.29, 0.717) is 6.54 Å². The fraction of sp³-hybridized carbons (Fsp3) is 0.348. The van der Waals surface area contributed by atoms with Gasteiger partial charge in [-0.2, -0.15) is 0 Å². The zero-order valence-electron chi connectivity index (χ0n) is 16.0. The van der Waals surface area contributed by atoms with Crippen LogP contribution < -0.4 is 10.2 Å². The summed E-state index contributed by atoms with van der Waals surface area (Å²) in [4.78, 5) is 14.6. The van der Waals surface area contributed by atoms with Gasteiger partial charge in [0.2, 0.25) is 5.91 Å². The van der Waals surface area contributed by atoms with Gasteiger partial charge in [-0.25, -0.2) is 0 Å². The van der Waals surface area contributed by atoms with Crippen LogP contribution in [0.4, 0.5) is 5.69 Å². The molecule has 26 heavy (non-hydrogen) atoms. The second-order valence-electron chi connectivity index (χ2n) is 7.97. The largest absolute Gasteiger partial charge is 0.335 e. The predicted octanol–water partition coefficient (Wildman–Crippen LogP) is 4.19. The minimum absolute atomic E-state index is 0.0804. The van der Waals surface area contributed by atoms with E-state index in [0.717, 1.165) is 12.0 Å². The number of amides is 1. The number of carbonyl (C=O) groups excluding carboxylic acids is 1. The lowest BCUT2D eigenvalue weighted by atomic mass is 9.75. The van der Waals surface area contributed by atoms with Crippen molar-refractivity contribution in [3.05, 3.63) is 70.8 Å². The van der Waals surface area contributed by atoms with Crippen molar-refractivity contribution in [1.82, 2.24) is 5.32 Å². The van der Waals surface area contributed by atoms with Gasteiger partial charge in [-0.05, 0) is 42.2 Å². The van der Waals surface area contributed by atoms with Crippen LogP contribution in [0.15, 0.2) is 48.5 Å². The third-order valence-corrected chi connectivity index (χ3v) is 6.04. The molecule has 0 aromatic heterocycles. The first-order valence-corrected chi connectivity index (χ1v) is 9.35. The van der Waals surface area contributed by atoms with Crippen LogP contribution in [-0.4, -0.2) is 18.1 Å². The monoisotopic (exact) mass is 346 g/mol. The highest BCUT2D eigenvalue weighted by atomic mass is 16.2. The molecule has 0 saturated carbocycles. The summed E-state index contributed by atoms with van der Waals surface area (Å²) in [5.74, 6) is 0.0804. The number of rotatable bonds is 3. The molecule has 3 nitrogen and oxygen atoms in total. The molecule has 2 aliphatic rings. The second kappa shape index (κ2) is 5.73. The van der Waals surface area contributed by atoms with Crippen molar-refractivity contribution in [2.75, 3.05) is 11.4 Å². The van der Waals surface area contributed by atoms with Crippen LogP contribution in [0.3, 0.4) is 0 Å². The quantitative estimate of drug-likeness (QED) is 0.903. The fourth-order valence-electron chi connectivity index (χ4n) is 4.34. The Morgan fingerprint density at radius 1 is 1.15 bits per heavy atom. The van der Waals surface area contributed by atoms with E-state index in [1.807, 2.05) is 0 Å².